The summed E-state index contributed by atoms with van der Waals surface area (Å²) in [5, 5.41) is 6.32. The van der Waals surface area contributed by atoms with Gasteiger partial charge in [-0.05, 0) is 36.2 Å². The molecule has 0 spiro atoms. The number of carbonyl (C=O) groups is 1. The summed E-state index contributed by atoms with van der Waals surface area (Å²) >= 11 is 1.56. The minimum atomic E-state index is -0.129. The lowest BCUT2D eigenvalue weighted by Crippen LogP contribution is -2.43. The Balaban J connectivity index is 1.56. The number of anilines is 2. The topological polar surface area (TPSA) is 71.4 Å². The van der Waals surface area contributed by atoms with Crippen molar-refractivity contribution in [3.05, 3.63) is 42.7 Å². The van der Waals surface area contributed by atoms with E-state index in [4.69, 9.17) is 4.74 Å². The standard InChI is InChI=1S/C19H19N5O2S/c25-17-12-26-15-4-1-5-16(19(15)22-17)27-24-11-14(23-9-7-20-8-10-23)18-13(24)3-2-6-21-18/h1-6,11,20H,7-10,12H2,(H,22,25). The number of nitrogens with zero attached hydrogens (tertiary/aromatic N) is 3. The second kappa shape index (κ2) is 6.79. The Morgan fingerprint density at radius 1 is 1.15 bits per heavy atom. The molecule has 2 aliphatic heterocycles. The molecule has 2 aromatic heterocycles. The lowest BCUT2D eigenvalue weighted by atomic mass is 10.2. The first-order valence-corrected chi connectivity index (χ1v) is 9.73. The Bertz CT molecular complexity index is 1010. The summed E-state index contributed by atoms with van der Waals surface area (Å²) in [5.74, 6) is 0.576. The highest BCUT2D eigenvalue weighted by molar-refractivity contribution is 7.98. The highest BCUT2D eigenvalue weighted by atomic mass is 32.2. The van der Waals surface area contributed by atoms with Gasteiger partial charge in [-0.1, -0.05) is 6.07 Å². The minimum Gasteiger partial charge on any atom is -0.482 e. The van der Waals surface area contributed by atoms with Crippen LogP contribution in [0.15, 0.2) is 47.6 Å². The number of hydrogen-bond acceptors (Lipinski definition) is 6. The Morgan fingerprint density at radius 2 is 2.04 bits per heavy atom. The molecule has 4 heterocycles. The van der Waals surface area contributed by atoms with Gasteiger partial charge in [-0.3, -0.25) is 13.8 Å². The van der Waals surface area contributed by atoms with Crippen LogP contribution in [0.5, 0.6) is 5.75 Å². The first-order valence-electron chi connectivity index (χ1n) is 8.95. The Morgan fingerprint density at radius 3 is 2.93 bits per heavy atom. The first-order chi connectivity index (χ1) is 13.3. The van der Waals surface area contributed by atoms with E-state index in [0.717, 1.165) is 53.5 Å². The lowest BCUT2D eigenvalue weighted by molar-refractivity contribution is -0.118. The number of rotatable bonds is 3. The van der Waals surface area contributed by atoms with E-state index in [1.165, 1.54) is 0 Å². The molecule has 1 fully saturated rings. The highest BCUT2D eigenvalue weighted by Crippen LogP contribution is 2.40. The lowest BCUT2D eigenvalue weighted by Gasteiger charge is -2.28. The zero-order valence-corrected chi connectivity index (χ0v) is 15.5. The summed E-state index contributed by atoms with van der Waals surface area (Å²) in [6, 6.07) is 9.84. The van der Waals surface area contributed by atoms with Crippen molar-refractivity contribution >= 4 is 40.3 Å². The maximum absolute atomic E-state index is 11.8. The van der Waals surface area contributed by atoms with Crippen molar-refractivity contribution in [1.82, 2.24) is 14.3 Å². The summed E-state index contributed by atoms with van der Waals surface area (Å²) in [6.07, 6.45) is 3.97. The third-order valence-electron chi connectivity index (χ3n) is 4.77. The van der Waals surface area contributed by atoms with Crippen molar-refractivity contribution in [2.24, 2.45) is 0 Å². The van der Waals surface area contributed by atoms with Crippen LogP contribution in [-0.4, -0.2) is 47.6 Å². The van der Waals surface area contributed by atoms with Crippen LogP contribution in [0.2, 0.25) is 0 Å². The summed E-state index contributed by atoms with van der Waals surface area (Å²) in [4.78, 5) is 19.7. The molecule has 2 aliphatic rings. The van der Waals surface area contributed by atoms with Gasteiger partial charge in [-0.15, -0.1) is 0 Å². The van der Waals surface area contributed by atoms with Crippen molar-refractivity contribution in [2.75, 3.05) is 43.0 Å². The van der Waals surface area contributed by atoms with Gasteiger partial charge in [0.25, 0.3) is 5.91 Å². The van der Waals surface area contributed by atoms with E-state index in [0.29, 0.717) is 5.75 Å². The van der Waals surface area contributed by atoms with Crippen LogP contribution in [-0.2, 0) is 4.79 Å². The molecule has 3 aromatic rings. The number of hydrogen-bond donors (Lipinski definition) is 2. The van der Waals surface area contributed by atoms with Gasteiger partial charge in [0.05, 0.1) is 21.8 Å². The molecule has 0 saturated carbocycles. The number of aromatic nitrogens is 2. The molecule has 2 N–H and O–H groups in total. The van der Waals surface area contributed by atoms with Crippen molar-refractivity contribution < 1.29 is 9.53 Å². The maximum atomic E-state index is 11.8. The van der Waals surface area contributed by atoms with Crippen LogP contribution < -0.4 is 20.3 Å². The van der Waals surface area contributed by atoms with Crippen LogP contribution in [0.3, 0.4) is 0 Å². The number of para-hydroxylation sites is 1. The Labute approximate surface area is 160 Å². The van der Waals surface area contributed by atoms with Gasteiger partial charge in [-0.2, -0.15) is 0 Å². The normalized spacial score (nSPS) is 16.7. The molecule has 1 saturated heterocycles. The molecule has 8 heteroatoms. The predicted octanol–water partition coefficient (Wildman–Crippen LogP) is 2.33. The quantitative estimate of drug-likeness (QED) is 0.726. The Hall–Kier alpha value is -2.71. The minimum absolute atomic E-state index is 0.0602. The number of amides is 1. The fraction of sp³-hybridized carbons (Fsp3) is 0.263. The van der Waals surface area contributed by atoms with Crippen LogP contribution in [0.1, 0.15) is 0 Å². The summed E-state index contributed by atoms with van der Waals surface area (Å²) in [7, 11) is 0. The zero-order valence-electron chi connectivity index (χ0n) is 14.6. The average Bonchev–Trinajstić information content (AvgIpc) is 3.08. The van der Waals surface area contributed by atoms with Gasteiger partial charge in [0.1, 0.15) is 11.3 Å². The van der Waals surface area contributed by atoms with Crippen LogP contribution in [0, 0.1) is 0 Å². The second-order valence-electron chi connectivity index (χ2n) is 6.51. The first kappa shape index (κ1) is 16.5. The summed E-state index contributed by atoms with van der Waals surface area (Å²) in [5.41, 5.74) is 3.92. The van der Waals surface area contributed by atoms with Crippen LogP contribution in [0.25, 0.3) is 11.0 Å². The number of fused-ring (bicyclic) bond motifs is 2. The molecule has 0 atom stereocenters. The number of benzene rings is 1. The number of pyridine rings is 1. The average molecular weight is 381 g/mol. The molecule has 5 rings (SSSR count). The fourth-order valence-corrected chi connectivity index (χ4v) is 4.47. The molecule has 1 amide bonds. The van der Waals surface area contributed by atoms with Crippen molar-refractivity contribution in [1.29, 1.82) is 0 Å². The van der Waals surface area contributed by atoms with E-state index < -0.39 is 0 Å². The second-order valence-corrected chi connectivity index (χ2v) is 7.52. The van der Waals surface area contributed by atoms with E-state index in [1.807, 2.05) is 30.5 Å². The summed E-state index contributed by atoms with van der Waals surface area (Å²) in [6.45, 7) is 3.94. The number of nitrogens with one attached hydrogen (secondary N) is 2. The summed E-state index contributed by atoms with van der Waals surface area (Å²) < 4.78 is 7.66. The van der Waals surface area contributed by atoms with Crippen LogP contribution >= 0.6 is 11.9 Å². The van der Waals surface area contributed by atoms with Crippen molar-refractivity contribution in [3.8, 4) is 5.75 Å². The van der Waals surface area contributed by atoms with E-state index >= 15 is 0 Å². The largest absolute Gasteiger partial charge is 0.482 e. The molecule has 0 radical (unpaired) electrons. The van der Waals surface area contributed by atoms with Crippen LogP contribution in [0.4, 0.5) is 11.4 Å². The zero-order chi connectivity index (χ0) is 18.2. The predicted molar refractivity (Wildman–Crippen MR) is 107 cm³/mol. The van der Waals surface area contributed by atoms with E-state index in [-0.39, 0.29) is 12.5 Å². The van der Waals surface area contributed by atoms with Gasteiger partial charge in [0.2, 0.25) is 0 Å². The van der Waals surface area contributed by atoms with Gasteiger partial charge in [0.15, 0.2) is 6.61 Å². The number of ether oxygens (including phenoxy) is 1. The molecule has 0 unspecified atom stereocenters. The number of carbonyl (C=O) groups excluding carboxylic acids is 1. The third-order valence-corrected chi connectivity index (χ3v) is 5.81. The van der Waals surface area contributed by atoms with Gasteiger partial charge >= 0.3 is 0 Å². The smallest absolute Gasteiger partial charge is 0.262 e. The molecule has 0 aliphatic carbocycles. The van der Waals surface area contributed by atoms with Gasteiger partial charge in [-0.25, -0.2) is 0 Å². The SMILES string of the molecule is O=C1COc2cccc(Sn3cc(N4CCNCC4)c4ncccc43)c2N1. The van der Waals surface area contributed by atoms with Crippen molar-refractivity contribution in [2.45, 2.75) is 4.90 Å². The fourth-order valence-electron chi connectivity index (χ4n) is 3.48. The Kier molecular flexibility index (Phi) is 4.14. The monoisotopic (exact) mass is 381 g/mol. The van der Waals surface area contributed by atoms with E-state index in [9.17, 15) is 4.79 Å². The van der Waals surface area contributed by atoms with Gasteiger partial charge < -0.3 is 20.3 Å². The van der Waals surface area contributed by atoms with Crippen molar-refractivity contribution in [3.63, 3.8) is 0 Å². The third kappa shape index (κ3) is 3.00. The number of piperazine rings is 1. The van der Waals surface area contributed by atoms with Gasteiger partial charge in [0, 0.05) is 38.6 Å². The molecule has 7 nitrogen and oxygen atoms in total. The molecule has 0 bridgehead atoms. The molecule has 27 heavy (non-hydrogen) atoms. The molecular formula is C19H19N5O2S. The molecule has 138 valence electrons. The highest BCUT2D eigenvalue weighted by Gasteiger charge is 2.22. The maximum Gasteiger partial charge on any atom is 0.262 e. The molecule has 1 aromatic carbocycles. The molecular weight excluding hydrogens is 362 g/mol. The van der Waals surface area contributed by atoms with E-state index in [2.05, 4.69) is 36.8 Å². The van der Waals surface area contributed by atoms with E-state index in [1.54, 1.807) is 11.9 Å².